The average molecular weight is 295 g/mol. The first-order chi connectivity index (χ1) is 9.58. The van der Waals surface area contributed by atoms with E-state index in [1.807, 2.05) is 24.3 Å². The summed E-state index contributed by atoms with van der Waals surface area (Å²) in [5.74, 6) is 0.184. The van der Waals surface area contributed by atoms with E-state index in [4.69, 9.17) is 5.73 Å². The Morgan fingerprint density at radius 1 is 1.60 bits per heavy atom. The van der Waals surface area contributed by atoms with Crippen molar-refractivity contribution in [2.75, 3.05) is 20.1 Å². The molecule has 0 bridgehead atoms. The van der Waals surface area contributed by atoms with E-state index in [-0.39, 0.29) is 11.9 Å². The third-order valence-electron chi connectivity index (χ3n) is 4.04. The van der Waals surface area contributed by atoms with Gasteiger partial charge in [0.15, 0.2) is 0 Å². The number of nitrogens with two attached hydrogens (primary N) is 1. The molecule has 1 aliphatic heterocycles. The zero-order valence-electron chi connectivity index (χ0n) is 12.4. The monoisotopic (exact) mass is 295 g/mol. The van der Waals surface area contributed by atoms with Crippen LogP contribution in [0.2, 0.25) is 0 Å². The molecule has 0 aromatic carbocycles. The average Bonchev–Trinajstić information content (AvgIpc) is 2.91. The molecule has 1 aromatic heterocycles. The Balaban J connectivity index is 1.88. The van der Waals surface area contributed by atoms with E-state index in [0.717, 1.165) is 13.0 Å². The van der Waals surface area contributed by atoms with Gasteiger partial charge in [-0.3, -0.25) is 9.69 Å². The zero-order valence-corrected chi connectivity index (χ0v) is 13.2. The maximum atomic E-state index is 12.4. The number of nitrogens with zero attached hydrogens (tertiary/aromatic N) is 2. The summed E-state index contributed by atoms with van der Waals surface area (Å²) in [6.45, 7) is 4.22. The Morgan fingerprint density at radius 3 is 3.05 bits per heavy atom. The van der Waals surface area contributed by atoms with Crippen LogP contribution < -0.4 is 5.73 Å². The van der Waals surface area contributed by atoms with Gasteiger partial charge in [-0.05, 0) is 48.7 Å². The maximum absolute atomic E-state index is 12.4. The Labute approximate surface area is 125 Å². The summed E-state index contributed by atoms with van der Waals surface area (Å²) in [4.78, 5) is 16.4. The fraction of sp³-hybridized carbons (Fsp3) is 0.667. The van der Waals surface area contributed by atoms with Crippen LogP contribution in [0.4, 0.5) is 0 Å². The van der Waals surface area contributed by atoms with Crippen LogP contribution in [0.3, 0.4) is 0 Å². The van der Waals surface area contributed by atoms with Crippen LogP contribution in [0.25, 0.3) is 0 Å². The second-order valence-corrected chi connectivity index (χ2v) is 6.55. The van der Waals surface area contributed by atoms with Crippen molar-refractivity contribution in [1.82, 2.24) is 9.80 Å². The van der Waals surface area contributed by atoms with Gasteiger partial charge in [0.05, 0.1) is 6.54 Å². The number of piperidine rings is 1. The molecule has 2 unspecified atom stereocenters. The fourth-order valence-electron chi connectivity index (χ4n) is 2.85. The van der Waals surface area contributed by atoms with Crippen molar-refractivity contribution >= 4 is 17.2 Å². The molecule has 1 aliphatic rings. The molecule has 0 aliphatic carbocycles. The summed E-state index contributed by atoms with van der Waals surface area (Å²) in [5, 5.41) is 4.14. The molecule has 1 saturated heterocycles. The van der Waals surface area contributed by atoms with Crippen LogP contribution in [0.5, 0.6) is 0 Å². The van der Waals surface area contributed by atoms with Crippen molar-refractivity contribution in [2.24, 2.45) is 5.73 Å². The predicted octanol–water partition coefficient (Wildman–Crippen LogP) is 1.91. The second-order valence-electron chi connectivity index (χ2n) is 5.77. The minimum atomic E-state index is 0.130. The quantitative estimate of drug-likeness (QED) is 0.903. The molecule has 112 valence electrons. The number of hydrogen-bond acceptors (Lipinski definition) is 4. The Bertz CT molecular complexity index is 419. The van der Waals surface area contributed by atoms with Crippen LogP contribution in [0, 0.1) is 0 Å². The highest BCUT2D eigenvalue weighted by Gasteiger charge is 2.27. The molecular formula is C15H25N3OS. The van der Waals surface area contributed by atoms with Gasteiger partial charge >= 0.3 is 0 Å². The molecule has 0 saturated carbocycles. The second kappa shape index (κ2) is 7.20. The molecule has 5 heteroatoms. The number of carbonyl (C=O) groups is 1. The highest BCUT2D eigenvalue weighted by atomic mass is 32.1. The molecule has 20 heavy (non-hydrogen) atoms. The lowest BCUT2D eigenvalue weighted by Crippen LogP contribution is -2.52. The zero-order chi connectivity index (χ0) is 14.5. The van der Waals surface area contributed by atoms with Gasteiger partial charge in [-0.25, -0.2) is 0 Å². The third-order valence-corrected chi connectivity index (χ3v) is 4.77. The lowest BCUT2D eigenvalue weighted by molar-refractivity contribution is -0.132. The van der Waals surface area contributed by atoms with Crippen LogP contribution in [-0.2, 0) is 11.3 Å². The van der Waals surface area contributed by atoms with Gasteiger partial charge in [-0.2, -0.15) is 11.3 Å². The summed E-state index contributed by atoms with van der Waals surface area (Å²) in [5.41, 5.74) is 7.26. The lowest BCUT2D eigenvalue weighted by Gasteiger charge is -2.38. The highest BCUT2D eigenvalue weighted by molar-refractivity contribution is 7.07. The van der Waals surface area contributed by atoms with Gasteiger partial charge in [-0.15, -0.1) is 0 Å². The van der Waals surface area contributed by atoms with E-state index in [9.17, 15) is 4.79 Å². The number of likely N-dealkylation sites (tertiary alicyclic amines) is 1. The number of amides is 1. The van der Waals surface area contributed by atoms with Crippen molar-refractivity contribution in [3.63, 3.8) is 0 Å². The third kappa shape index (κ3) is 4.04. The summed E-state index contributed by atoms with van der Waals surface area (Å²) in [7, 11) is 1.88. The van der Waals surface area contributed by atoms with Gasteiger partial charge < -0.3 is 10.6 Å². The van der Waals surface area contributed by atoms with Crippen LogP contribution >= 0.6 is 11.3 Å². The minimum absolute atomic E-state index is 0.130. The molecule has 2 atom stereocenters. The van der Waals surface area contributed by atoms with E-state index >= 15 is 0 Å². The maximum Gasteiger partial charge on any atom is 0.236 e. The normalized spacial score (nSPS) is 21.6. The van der Waals surface area contributed by atoms with Crippen LogP contribution in [-0.4, -0.2) is 47.9 Å². The largest absolute Gasteiger partial charge is 0.340 e. The molecule has 1 aromatic rings. The van der Waals surface area contributed by atoms with Crippen molar-refractivity contribution < 1.29 is 4.79 Å². The summed E-state index contributed by atoms with van der Waals surface area (Å²) >= 11 is 1.67. The smallest absolute Gasteiger partial charge is 0.236 e. The summed E-state index contributed by atoms with van der Waals surface area (Å²) in [6, 6.07) is 2.55. The van der Waals surface area contributed by atoms with Gasteiger partial charge in [0.25, 0.3) is 0 Å². The first-order valence-electron chi connectivity index (χ1n) is 7.32. The molecule has 0 radical (unpaired) electrons. The molecule has 2 heterocycles. The number of hydrogen-bond donors (Lipinski definition) is 1. The van der Waals surface area contributed by atoms with E-state index in [2.05, 4.69) is 16.3 Å². The molecular weight excluding hydrogens is 270 g/mol. The highest BCUT2D eigenvalue weighted by Crippen LogP contribution is 2.19. The van der Waals surface area contributed by atoms with Gasteiger partial charge in [0.2, 0.25) is 5.91 Å². The van der Waals surface area contributed by atoms with Crippen LogP contribution in [0.15, 0.2) is 16.8 Å². The number of likely N-dealkylation sites (N-methyl/N-ethyl adjacent to an activating group) is 1. The van der Waals surface area contributed by atoms with Crippen molar-refractivity contribution in [1.29, 1.82) is 0 Å². The van der Waals surface area contributed by atoms with Crippen molar-refractivity contribution in [2.45, 2.75) is 44.8 Å². The minimum Gasteiger partial charge on any atom is -0.340 e. The van der Waals surface area contributed by atoms with Crippen LogP contribution in [0.1, 0.15) is 31.7 Å². The number of rotatable bonds is 5. The molecule has 0 spiro atoms. The molecule has 2 N–H and O–H groups in total. The summed E-state index contributed by atoms with van der Waals surface area (Å²) in [6.07, 6.45) is 3.51. The molecule has 4 nitrogen and oxygen atoms in total. The summed E-state index contributed by atoms with van der Waals surface area (Å²) < 4.78 is 0. The predicted molar refractivity (Wildman–Crippen MR) is 83.7 cm³/mol. The number of carbonyl (C=O) groups excluding carboxylic acids is 1. The molecule has 1 amide bonds. The number of thiophene rings is 1. The van der Waals surface area contributed by atoms with E-state index in [1.165, 1.54) is 18.4 Å². The fourth-order valence-corrected chi connectivity index (χ4v) is 3.51. The lowest BCUT2D eigenvalue weighted by atomic mass is 9.97. The van der Waals surface area contributed by atoms with Crippen molar-refractivity contribution in [3.8, 4) is 0 Å². The standard InChI is InChI=1S/C15H25N3OS/c1-12(16)14-5-3-4-7-18(14)10-15(19)17(2)9-13-6-8-20-11-13/h6,8,11-12,14H,3-5,7,9-10,16H2,1-2H3. The van der Waals surface area contributed by atoms with E-state index < -0.39 is 0 Å². The topological polar surface area (TPSA) is 49.6 Å². The first kappa shape index (κ1) is 15.5. The van der Waals surface area contributed by atoms with Crippen molar-refractivity contribution in [3.05, 3.63) is 22.4 Å². The molecule has 2 rings (SSSR count). The van der Waals surface area contributed by atoms with E-state index in [1.54, 1.807) is 11.3 Å². The van der Waals surface area contributed by atoms with E-state index in [0.29, 0.717) is 19.1 Å². The SMILES string of the molecule is CC(N)C1CCCCN1CC(=O)N(C)Cc1ccsc1. The molecule has 1 fully saturated rings. The van der Waals surface area contributed by atoms with Gasteiger partial charge in [0.1, 0.15) is 0 Å². The first-order valence-corrected chi connectivity index (χ1v) is 8.27. The Kier molecular flexibility index (Phi) is 5.57. The Hall–Kier alpha value is -0.910. The van der Waals surface area contributed by atoms with Gasteiger partial charge in [-0.1, -0.05) is 6.42 Å². The van der Waals surface area contributed by atoms with Gasteiger partial charge in [0, 0.05) is 25.7 Å². The Morgan fingerprint density at radius 2 is 2.40 bits per heavy atom.